The smallest absolute Gasteiger partial charge is 0.0606 e. The predicted molar refractivity (Wildman–Crippen MR) is 60.6 cm³/mol. The molecule has 0 aliphatic carbocycles. The Labute approximate surface area is 88.6 Å². The van der Waals surface area contributed by atoms with Gasteiger partial charge in [-0.25, -0.2) is 0 Å². The van der Waals surface area contributed by atoms with E-state index in [1.165, 1.54) is 6.42 Å². The minimum absolute atomic E-state index is 0.254. The second kappa shape index (κ2) is 3.82. The van der Waals surface area contributed by atoms with E-state index in [1.54, 1.807) is 0 Å². The van der Waals surface area contributed by atoms with E-state index in [2.05, 4.69) is 39.6 Å². The second-order valence-electron chi connectivity index (χ2n) is 5.49. The van der Waals surface area contributed by atoms with Crippen LogP contribution in [0.3, 0.4) is 0 Å². The Morgan fingerprint density at radius 3 is 2.29 bits per heavy atom. The van der Waals surface area contributed by atoms with Gasteiger partial charge in [-0.1, -0.05) is 6.92 Å². The molecule has 1 aliphatic rings. The number of hydrogen-bond acceptors (Lipinski definition) is 2. The highest BCUT2D eigenvalue weighted by molar-refractivity contribution is 5.00. The van der Waals surface area contributed by atoms with Gasteiger partial charge in [0.1, 0.15) is 0 Å². The van der Waals surface area contributed by atoms with Gasteiger partial charge < -0.3 is 4.74 Å². The lowest BCUT2D eigenvalue weighted by molar-refractivity contribution is -0.0870. The van der Waals surface area contributed by atoms with E-state index >= 15 is 0 Å². The molecule has 1 heterocycles. The van der Waals surface area contributed by atoms with Gasteiger partial charge in [0.2, 0.25) is 0 Å². The van der Waals surface area contributed by atoms with Crippen molar-refractivity contribution in [1.82, 2.24) is 4.90 Å². The minimum Gasteiger partial charge on any atom is -0.381 e. The molecule has 1 fully saturated rings. The number of rotatable bonds is 2. The van der Waals surface area contributed by atoms with E-state index in [1.807, 2.05) is 7.11 Å². The number of piperidine rings is 1. The number of nitrogens with zero attached hydrogens (tertiary/aromatic N) is 1. The van der Waals surface area contributed by atoms with Crippen molar-refractivity contribution in [2.24, 2.45) is 0 Å². The normalized spacial score (nSPS) is 38.6. The lowest BCUT2D eigenvalue weighted by Gasteiger charge is -2.54. The molecule has 1 rings (SSSR count). The first-order chi connectivity index (χ1) is 6.35. The molecule has 2 atom stereocenters. The standard InChI is InChI=1S/C12H25NO/c1-7-12(4)9-10(14-6)8-11(2,3)13(12)5/h10H,7-9H2,1-6H3. The van der Waals surface area contributed by atoms with Crippen molar-refractivity contribution in [3.8, 4) is 0 Å². The third kappa shape index (κ3) is 1.96. The Morgan fingerprint density at radius 1 is 1.29 bits per heavy atom. The molecule has 0 saturated carbocycles. The Kier molecular flexibility index (Phi) is 3.27. The fourth-order valence-corrected chi connectivity index (χ4v) is 2.67. The van der Waals surface area contributed by atoms with Gasteiger partial charge in [-0.3, -0.25) is 4.90 Å². The molecule has 2 unspecified atom stereocenters. The van der Waals surface area contributed by atoms with Crippen LogP contribution in [0.4, 0.5) is 0 Å². The van der Waals surface area contributed by atoms with Crippen LogP contribution in [-0.2, 0) is 4.74 Å². The maximum Gasteiger partial charge on any atom is 0.0606 e. The minimum atomic E-state index is 0.254. The van der Waals surface area contributed by atoms with Gasteiger partial charge in [-0.2, -0.15) is 0 Å². The van der Waals surface area contributed by atoms with Crippen molar-refractivity contribution in [3.05, 3.63) is 0 Å². The van der Waals surface area contributed by atoms with Crippen LogP contribution < -0.4 is 0 Å². The average Bonchev–Trinajstić information content (AvgIpc) is 2.13. The molecule has 0 amide bonds. The van der Waals surface area contributed by atoms with E-state index in [9.17, 15) is 0 Å². The van der Waals surface area contributed by atoms with E-state index in [0.29, 0.717) is 11.6 Å². The summed E-state index contributed by atoms with van der Waals surface area (Å²) in [7, 11) is 4.08. The maximum atomic E-state index is 5.55. The fourth-order valence-electron chi connectivity index (χ4n) is 2.67. The molecule has 14 heavy (non-hydrogen) atoms. The van der Waals surface area contributed by atoms with Gasteiger partial charge in [0.15, 0.2) is 0 Å². The van der Waals surface area contributed by atoms with Crippen LogP contribution in [0.25, 0.3) is 0 Å². The molecule has 84 valence electrons. The average molecular weight is 199 g/mol. The third-order valence-electron chi connectivity index (χ3n) is 4.21. The summed E-state index contributed by atoms with van der Waals surface area (Å²) in [6.07, 6.45) is 3.90. The SMILES string of the molecule is CCC1(C)CC(OC)CC(C)(C)N1C. The van der Waals surface area contributed by atoms with Gasteiger partial charge in [-0.05, 0) is 47.1 Å². The highest BCUT2D eigenvalue weighted by Gasteiger charge is 2.44. The molecule has 0 aromatic carbocycles. The van der Waals surface area contributed by atoms with Crippen LogP contribution >= 0.6 is 0 Å². The quantitative estimate of drug-likeness (QED) is 0.678. The lowest BCUT2D eigenvalue weighted by Crippen LogP contribution is -2.61. The summed E-state index contributed by atoms with van der Waals surface area (Å²) < 4.78 is 5.55. The fraction of sp³-hybridized carbons (Fsp3) is 1.00. The highest BCUT2D eigenvalue weighted by Crippen LogP contribution is 2.39. The molecule has 0 spiro atoms. The number of likely N-dealkylation sites (tertiary alicyclic amines) is 1. The molecule has 1 saturated heterocycles. The largest absolute Gasteiger partial charge is 0.381 e. The molecule has 2 heteroatoms. The van der Waals surface area contributed by atoms with Crippen molar-refractivity contribution in [2.45, 2.75) is 64.1 Å². The van der Waals surface area contributed by atoms with Gasteiger partial charge in [0.25, 0.3) is 0 Å². The monoisotopic (exact) mass is 199 g/mol. The molecule has 2 nitrogen and oxygen atoms in total. The number of hydrogen-bond donors (Lipinski definition) is 0. The molecular formula is C12H25NO. The number of methoxy groups -OCH3 is 1. The molecule has 0 aromatic rings. The van der Waals surface area contributed by atoms with E-state index in [4.69, 9.17) is 4.74 Å². The molecule has 0 radical (unpaired) electrons. The van der Waals surface area contributed by atoms with Gasteiger partial charge >= 0.3 is 0 Å². The van der Waals surface area contributed by atoms with Crippen LogP contribution in [-0.4, -0.2) is 36.2 Å². The van der Waals surface area contributed by atoms with Crippen LogP contribution in [0, 0.1) is 0 Å². The Hall–Kier alpha value is -0.0800. The molecule has 0 N–H and O–H groups in total. The van der Waals surface area contributed by atoms with Crippen molar-refractivity contribution in [3.63, 3.8) is 0 Å². The molecule has 1 aliphatic heterocycles. The van der Waals surface area contributed by atoms with Gasteiger partial charge in [0, 0.05) is 18.2 Å². The summed E-state index contributed by atoms with van der Waals surface area (Å²) in [5.74, 6) is 0. The maximum absolute atomic E-state index is 5.55. The first-order valence-corrected chi connectivity index (χ1v) is 5.62. The molecule has 0 aromatic heterocycles. The zero-order valence-electron chi connectivity index (χ0n) is 10.6. The molecular weight excluding hydrogens is 174 g/mol. The number of ether oxygens (including phenoxy) is 1. The zero-order chi connectivity index (χ0) is 11.0. The van der Waals surface area contributed by atoms with Crippen LogP contribution in [0.1, 0.15) is 47.0 Å². The third-order valence-corrected chi connectivity index (χ3v) is 4.21. The first-order valence-electron chi connectivity index (χ1n) is 5.62. The van der Waals surface area contributed by atoms with Gasteiger partial charge in [-0.15, -0.1) is 0 Å². The van der Waals surface area contributed by atoms with Crippen molar-refractivity contribution < 1.29 is 4.74 Å². The summed E-state index contributed by atoms with van der Waals surface area (Å²) in [6, 6.07) is 0. The Bertz CT molecular complexity index is 202. The van der Waals surface area contributed by atoms with Crippen molar-refractivity contribution in [1.29, 1.82) is 0 Å². The first kappa shape index (κ1) is 12.0. The van der Waals surface area contributed by atoms with Crippen LogP contribution in [0.5, 0.6) is 0 Å². The van der Waals surface area contributed by atoms with E-state index in [0.717, 1.165) is 12.8 Å². The summed E-state index contributed by atoms with van der Waals surface area (Å²) >= 11 is 0. The topological polar surface area (TPSA) is 12.5 Å². The highest BCUT2D eigenvalue weighted by atomic mass is 16.5. The Morgan fingerprint density at radius 2 is 1.86 bits per heavy atom. The van der Waals surface area contributed by atoms with E-state index < -0.39 is 0 Å². The summed E-state index contributed by atoms with van der Waals surface area (Å²) in [6.45, 7) is 9.24. The summed E-state index contributed by atoms with van der Waals surface area (Å²) in [4.78, 5) is 2.52. The van der Waals surface area contributed by atoms with Crippen LogP contribution in [0.2, 0.25) is 0 Å². The summed E-state index contributed by atoms with van der Waals surface area (Å²) in [5.41, 5.74) is 0.548. The van der Waals surface area contributed by atoms with Crippen molar-refractivity contribution >= 4 is 0 Å². The van der Waals surface area contributed by atoms with Gasteiger partial charge in [0.05, 0.1) is 6.10 Å². The lowest BCUT2D eigenvalue weighted by atomic mass is 9.76. The summed E-state index contributed by atoms with van der Waals surface area (Å²) in [5, 5.41) is 0. The molecule has 0 bridgehead atoms. The van der Waals surface area contributed by atoms with Crippen LogP contribution in [0.15, 0.2) is 0 Å². The Balaban J connectivity index is 2.87. The van der Waals surface area contributed by atoms with Crippen molar-refractivity contribution in [2.75, 3.05) is 14.2 Å². The van der Waals surface area contributed by atoms with E-state index in [-0.39, 0.29) is 5.54 Å². The zero-order valence-corrected chi connectivity index (χ0v) is 10.6. The predicted octanol–water partition coefficient (Wildman–Crippen LogP) is 2.67. The second-order valence-corrected chi connectivity index (χ2v) is 5.49.